The normalized spacial score (nSPS) is 32.2. The summed E-state index contributed by atoms with van der Waals surface area (Å²) in [5.74, 6) is 0.791. The summed E-state index contributed by atoms with van der Waals surface area (Å²) in [6, 6.07) is 0.611. The molecule has 14 heavy (non-hydrogen) atoms. The van der Waals surface area contributed by atoms with E-state index in [-0.39, 0.29) is 6.03 Å². The molecule has 2 rings (SSSR count). The van der Waals surface area contributed by atoms with Crippen LogP contribution in [0.3, 0.4) is 0 Å². The molecule has 1 aliphatic heterocycles. The molecular formula is C11H20N2O. The van der Waals surface area contributed by atoms with Crippen LogP contribution in [0.15, 0.2) is 0 Å². The molecule has 2 fully saturated rings. The number of nitrogens with zero attached hydrogens (tertiary/aromatic N) is 1. The molecule has 0 aromatic carbocycles. The monoisotopic (exact) mass is 196 g/mol. The molecule has 0 aromatic heterocycles. The molecule has 3 heteroatoms. The van der Waals surface area contributed by atoms with Crippen molar-refractivity contribution in [3.05, 3.63) is 0 Å². The predicted molar refractivity (Wildman–Crippen MR) is 56.1 cm³/mol. The molecule has 2 atom stereocenters. The van der Waals surface area contributed by atoms with Gasteiger partial charge in [-0.05, 0) is 38.0 Å². The van der Waals surface area contributed by atoms with Crippen molar-refractivity contribution in [1.29, 1.82) is 0 Å². The summed E-state index contributed by atoms with van der Waals surface area (Å²) in [6.45, 7) is 4.17. The van der Waals surface area contributed by atoms with E-state index in [1.807, 2.05) is 4.90 Å². The van der Waals surface area contributed by atoms with Gasteiger partial charge in [-0.1, -0.05) is 6.92 Å². The first-order chi connectivity index (χ1) is 6.75. The van der Waals surface area contributed by atoms with Crippen LogP contribution in [0.5, 0.6) is 0 Å². The lowest BCUT2D eigenvalue weighted by molar-refractivity contribution is 0.204. The number of carbonyl (C=O) groups excluding carboxylic acids is 1. The molecule has 2 aliphatic rings. The van der Waals surface area contributed by atoms with E-state index in [9.17, 15) is 4.79 Å². The summed E-state index contributed by atoms with van der Waals surface area (Å²) in [4.78, 5) is 13.7. The minimum absolute atomic E-state index is 0.168. The average Bonchev–Trinajstić information content (AvgIpc) is 2.75. The smallest absolute Gasteiger partial charge is 0.317 e. The molecule has 1 heterocycles. The maximum atomic E-state index is 11.7. The van der Waals surface area contributed by atoms with Crippen molar-refractivity contribution in [2.75, 3.05) is 13.1 Å². The van der Waals surface area contributed by atoms with Crippen LogP contribution in [0.4, 0.5) is 4.79 Å². The summed E-state index contributed by atoms with van der Waals surface area (Å²) < 4.78 is 0. The number of hydrogen-bond acceptors (Lipinski definition) is 1. The number of likely N-dealkylation sites (tertiary alicyclic amines) is 1. The van der Waals surface area contributed by atoms with Gasteiger partial charge in [-0.2, -0.15) is 0 Å². The van der Waals surface area contributed by atoms with Gasteiger partial charge in [-0.25, -0.2) is 4.79 Å². The lowest BCUT2D eigenvalue weighted by Gasteiger charge is -2.19. The van der Waals surface area contributed by atoms with Gasteiger partial charge in [-0.3, -0.25) is 0 Å². The second-order valence-electron chi connectivity index (χ2n) is 4.76. The molecule has 80 valence electrons. The van der Waals surface area contributed by atoms with Crippen LogP contribution in [0, 0.1) is 5.92 Å². The van der Waals surface area contributed by atoms with Gasteiger partial charge in [0.15, 0.2) is 0 Å². The molecule has 1 saturated heterocycles. The minimum atomic E-state index is 0.168. The van der Waals surface area contributed by atoms with Crippen molar-refractivity contribution >= 4 is 6.03 Å². The van der Waals surface area contributed by atoms with E-state index in [2.05, 4.69) is 12.2 Å². The summed E-state index contributed by atoms with van der Waals surface area (Å²) in [6.07, 6.45) is 5.95. The fourth-order valence-electron chi connectivity index (χ4n) is 2.52. The van der Waals surface area contributed by atoms with Crippen LogP contribution in [-0.2, 0) is 0 Å². The Bertz CT molecular complexity index is 211. The van der Waals surface area contributed by atoms with Gasteiger partial charge in [-0.15, -0.1) is 0 Å². The molecule has 1 aliphatic carbocycles. The third-order valence-corrected chi connectivity index (χ3v) is 3.42. The molecule has 2 amide bonds. The Kier molecular flexibility index (Phi) is 2.94. The zero-order chi connectivity index (χ0) is 9.97. The van der Waals surface area contributed by atoms with Gasteiger partial charge in [0.2, 0.25) is 0 Å². The van der Waals surface area contributed by atoms with Crippen molar-refractivity contribution in [3.8, 4) is 0 Å². The first kappa shape index (κ1) is 9.81. The van der Waals surface area contributed by atoms with E-state index >= 15 is 0 Å². The van der Waals surface area contributed by atoms with Crippen LogP contribution >= 0.6 is 0 Å². The Hall–Kier alpha value is -0.730. The van der Waals surface area contributed by atoms with Crippen molar-refractivity contribution in [3.63, 3.8) is 0 Å². The number of carbonyl (C=O) groups is 1. The van der Waals surface area contributed by atoms with Crippen LogP contribution in [0.1, 0.15) is 39.0 Å². The van der Waals surface area contributed by atoms with Gasteiger partial charge < -0.3 is 10.2 Å². The Labute approximate surface area is 85.8 Å². The lowest BCUT2D eigenvalue weighted by Crippen LogP contribution is -2.42. The van der Waals surface area contributed by atoms with E-state index in [1.165, 1.54) is 32.1 Å². The third-order valence-electron chi connectivity index (χ3n) is 3.42. The van der Waals surface area contributed by atoms with Crippen molar-refractivity contribution < 1.29 is 4.79 Å². The molecular weight excluding hydrogens is 176 g/mol. The van der Waals surface area contributed by atoms with E-state index in [1.54, 1.807) is 0 Å². The largest absolute Gasteiger partial charge is 0.335 e. The van der Waals surface area contributed by atoms with E-state index < -0.39 is 0 Å². The second-order valence-corrected chi connectivity index (χ2v) is 4.76. The van der Waals surface area contributed by atoms with E-state index in [4.69, 9.17) is 0 Å². The molecule has 0 bridgehead atoms. The Morgan fingerprint density at radius 2 is 2.00 bits per heavy atom. The first-order valence-electron chi connectivity index (χ1n) is 5.81. The topological polar surface area (TPSA) is 32.3 Å². The number of rotatable bonds is 1. The first-order valence-corrected chi connectivity index (χ1v) is 5.81. The lowest BCUT2D eigenvalue weighted by atomic mass is 10.1. The summed E-state index contributed by atoms with van der Waals surface area (Å²) in [5.41, 5.74) is 0. The molecule has 0 aromatic rings. The zero-order valence-electron chi connectivity index (χ0n) is 8.96. The third kappa shape index (κ3) is 2.20. The maximum absolute atomic E-state index is 11.7. The molecule has 0 radical (unpaired) electrons. The molecule has 2 unspecified atom stereocenters. The highest BCUT2D eigenvalue weighted by molar-refractivity contribution is 5.74. The quantitative estimate of drug-likeness (QED) is 0.683. The SMILES string of the molecule is CC1CCC(NC(=O)N2CCCC2)C1. The highest BCUT2D eigenvalue weighted by Crippen LogP contribution is 2.24. The molecule has 1 N–H and O–H groups in total. The van der Waals surface area contributed by atoms with Crippen molar-refractivity contribution in [2.24, 2.45) is 5.92 Å². The van der Waals surface area contributed by atoms with E-state index in [0.717, 1.165) is 19.0 Å². The van der Waals surface area contributed by atoms with Crippen LogP contribution < -0.4 is 5.32 Å². The number of amides is 2. The van der Waals surface area contributed by atoms with Crippen molar-refractivity contribution in [2.45, 2.75) is 45.1 Å². The zero-order valence-corrected chi connectivity index (χ0v) is 8.96. The Balaban J connectivity index is 1.76. The highest BCUT2D eigenvalue weighted by atomic mass is 16.2. The van der Waals surface area contributed by atoms with Crippen LogP contribution in [0.2, 0.25) is 0 Å². The van der Waals surface area contributed by atoms with Gasteiger partial charge in [0, 0.05) is 19.1 Å². The van der Waals surface area contributed by atoms with Crippen LogP contribution in [0.25, 0.3) is 0 Å². The van der Waals surface area contributed by atoms with Crippen molar-refractivity contribution in [1.82, 2.24) is 10.2 Å². The van der Waals surface area contributed by atoms with Gasteiger partial charge in [0.25, 0.3) is 0 Å². The minimum Gasteiger partial charge on any atom is -0.335 e. The fraction of sp³-hybridized carbons (Fsp3) is 0.909. The standard InChI is InChI=1S/C11H20N2O/c1-9-4-5-10(8-9)12-11(14)13-6-2-3-7-13/h9-10H,2-8H2,1H3,(H,12,14). The van der Waals surface area contributed by atoms with Gasteiger partial charge >= 0.3 is 6.03 Å². The molecule has 3 nitrogen and oxygen atoms in total. The average molecular weight is 196 g/mol. The second kappa shape index (κ2) is 4.20. The highest BCUT2D eigenvalue weighted by Gasteiger charge is 2.25. The Morgan fingerprint density at radius 3 is 2.57 bits per heavy atom. The number of nitrogens with one attached hydrogen (secondary N) is 1. The number of hydrogen-bond donors (Lipinski definition) is 1. The molecule has 1 saturated carbocycles. The van der Waals surface area contributed by atoms with Gasteiger partial charge in [0.05, 0.1) is 0 Å². The predicted octanol–water partition coefficient (Wildman–Crippen LogP) is 1.98. The summed E-state index contributed by atoms with van der Waals surface area (Å²) in [5, 5.41) is 3.14. The van der Waals surface area contributed by atoms with Gasteiger partial charge in [0.1, 0.15) is 0 Å². The van der Waals surface area contributed by atoms with E-state index in [0.29, 0.717) is 6.04 Å². The van der Waals surface area contributed by atoms with Crippen LogP contribution in [-0.4, -0.2) is 30.1 Å². The number of urea groups is 1. The fourth-order valence-corrected chi connectivity index (χ4v) is 2.52. The maximum Gasteiger partial charge on any atom is 0.317 e. The Morgan fingerprint density at radius 1 is 1.29 bits per heavy atom. The molecule has 0 spiro atoms. The summed E-state index contributed by atoms with van der Waals surface area (Å²) in [7, 11) is 0. The summed E-state index contributed by atoms with van der Waals surface area (Å²) >= 11 is 0.